The molecular weight excluding hydrogens is 192 g/mol. The van der Waals surface area contributed by atoms with Crippen molar-refractivity contribution in [1.82, 2.24) is 0 Å². The highest BCUT2D eigenvalue weighted by atomic mass is 14.0. The summed E-state index contributed by atoms with van der Waals surface area (Å²) in [4.78, 5) is 0. The Morgan fingerprint density at radius 3 is 1.38 bits per heavy atom. The van der Waals surface area contributed by atoms with Crippen LogP contribution in [0.5, 0.6) is 0 Å². The van der Waals surface area contributed by atoms with Gasteiger partial charge in [0.25, 0.3) is 0 Å². The second-order valence-electron chi connectivity index (χ2n) is 4.05. The van der Waals surface area contributed by atoms with Gasteiger partial charge < -0.3 is 0 Å². The Bertz CT molecular complexity index is 459. The highest BCUT2D eigenvalue weighted by Crippen LogP contribution is 2.14. The zero-order valence-electron chi connectivity index (χ0n) is 9.77. The molecule has 0 N–H and O–H groups in total. The SMILES string of the molecule is Cc1ccccc1/C=C\c1ccccc1C. The van der Waals surface area contributed by atoms with Gasteiger partial charge in [0.2, 0.25) is 0 Å². The molecule has 2 rings (SSSR count). The van der Waals surface area contributed by atoms with Gasteiger partial charge in [-0.1, -0.05) is 60.7 Å². The van der Waals surface area contributed by atoms with Crippen LogP contribution in [0.3, 0.4) is 0 Å². The lowest BCUT2D eigenvalue weighted by atomic mass is 10.0. The topological polar surface area (TPSA) is 0 Å². The van der Waals surface area contributed by atoms with Gasteiger partial charge in [0.15, 0.2) is 0 Å². The van der Waals surface area contributed by atoms with E-state index in [-0.39, 0.29) is 0 Å². The Labute approximate surface area is 97.3 Å². The summed E-state index contributed by atoms with van der Waals surface area (Å²) >= 11 is 0. The van der Waals surface area contributed by atoms with Crippen LogP contribution in [0.2, 0.25) is 0 Å². The summed E-state index contributed by atoms with van der Waals surface area (Å²) in [7, 11) is 0. The Morgan fingerprint density at radius 1 is 0.625 bits per heavy atom. The molecule has 0 aliphatic heterocycles. The van der Waals surface area contributed by atoms with Crippen molar-refractivity contribution in [2.24, 2.45) is 0 Å². The molecule has 0 amide bonds. The average molecular weight is 208 g/mol. The summed E-state index contributed by atoms with van der Waals surface area (Å²) in [6.45, 7) is 4.27. The smallest absolute Gasteiger partial charge is 0.0227 e. The van der Waals surface area contributed by atoms with Crippen molar-refractivity contribution >= 4 is 12.2 Å². The fourth-order valence-electron chi connectivity index (χ4n) is 1.73. The minimum atomic E-state index is 1.28. The van der Waals surface area contributed by atoms with Gasteiger partial charge in [-0.2, -0.15) is 0 Å². The molecule has 2 aromatic rings. The summed E-state index contributed by atoms with van der Waals surface area (Å²) in [5.74, 6) is 0. The maximum absolute atomic E-state index is 2.18. The zero-order valence-corrected chi connectivity index (χ0v) is 9.77. The largest absolute Gasteiger partial charge is 0.0620 e. The fourth-order valence-corrected chi connectivity index (χ4v) is 1.73. The first-order valence-electron chi connectivity index (χ1n) is 5.57. The molecule has 0 spiro atoms. The van der Waals surface area contributed by atoms with Crippen LogP contribution in [0.4, 0.5) is 0 Å². The fraction of sp³-hybridized carbons (Fsp3) is 0.125. The van der Waals surface area contributed by atoms with Gasteiger partial charge in [-0.15, -0.1) is 0 Å². The molecule has 0 aliphatic carbocycles. The molecule has 0 saturated heterocycles. The highest BCUT2D eigenvalue weighted by molar-refractivity contribution is 5.72. The maximum atomic E-state index is 2.18. The van der Waals surface area contributed by atoms with Crippen LogP contribution in [-0.2, 0) is 0 Å². The minimum absolute atomic E-state index is 1.28. The van der Waals surface area contributed by atoms with Crippen LogP contribution in [-0.4, -0.2) is 0 Å². The van der Waals surface area contributed by atoms with E-state index in [9.17, 15) is 0 Å². The Hall–Kier alpha value is -1.82. The Balaban J connectivity index is 2.29. The van der Waals surface area contributed by atoms with Crippen LogP contribution in [0, 0.1) is 13.8 Å². The van der Waals surface area contributed by atoms with Crippen molar-refractivity contribution < 1.29 is 0 Å². The van der Waals surface area contributed by atoms with Gasteiger partial charge in [0.1, 0.15) is 0 Å². The molecule has 0 unspecified atom stereocenters. The molecule has 0 aliphatic rings. The number of hydrogen-bond acceptors (Lipinski definition) is 0. The monoisotopic (exact) mass is 208 g/mol. The molecule has 0 saturated carbocycles. The standard InChI is InChI=1S/C16H16/c1-13-7-3-5-9-15(13)11-12-16-10-6-4-8-14(16)2/h3-12H,1-2H3/b12-11-. The van der Waals surface area contributed by atoms with E-state index in [4.69, 9.17) is 0 Å². The number of rotatable bonds is 2. The predicted octanol–water partition coefficient (Wildman–Crippen LogP) is 4.47. The third-order valence-corrected chi connectivity index (χ3v) is 2.82. The second kappa shape index (κ2) is 4.80. The molecule has 0 nitrogen and oxygen atoms in total. The first-order chi connectivity index (χ1) is 7.77. The van der Waals surface area contributed by atoms with Crippen LogP contribution in [0.1, 0.15) is 22.3 Å². The quantitative estimate of drug-likeness (QED) is 0.638. The Morgan fingerprint density at radius 2 is 1.00 bits per heavy atom. The van der Waals surface area contributed by atoms with Crippen molar-refractivity contribution in [1.29, 1.82) is 0 Å². The van der Waals surface area contributed by atoms with Crippen molar-refractivity contribution in [2.75, 3.05) is 0 Å². The van der Waals surface area contributed by atoms with E-state index in [1.165, 1.54) is 22.3 Å². The Kier molecular flexibility index (Phi) is 3.21. The van der Waals surface area contributed by atoms with Gasteiger partial charge in [0, 0.05) is 0 Å². The molecule has 0 radical (unpaired) electrons. The number of aryl methyl sites for hydroxylation is 2. The highest BCUT2D eigenvalue weighted by Gasteiger charge is 1.93. The van der Waals surface area contributed by atoms with Gasteiger partial charge >= 0.3 is 0 Å². The molecule has 16 heavy (non-hydrogen) atoms. The first kappa shape index (κ1) is 10.7. The lowest BCUT2D eigenvalue weighted by Gasteiger charge is -2.01. The van der Waals surface area contributed by atoms with E-state index >= 15 is 0 Å². The summed E-state index contributed by atoms with van der Waals surface area (Å²) in [6, 6.07) is 16.8. The van der Waals surface area contributed by atoms with Crippen LogP contribution < -0.4 is 0 Å². The normalized spacial score (nSPS) is 10.9. The molecule has 0 aromatic heterocycles. The van der Waals surface area contributed by atoms with Gasteiger partial charge in [0.05, 0.1) is 0 Å². The summed E-state index contributed by atoms with van der Waals surface area (Å²) < 4.78 is 0. The van der Waals surface area contributed by atoms with Crippen molar-refractivity contribution in [2.45, 2.75) is 13.8 Å². The molecular formula is C16H16. The number of benzene rings is 2. The van der Waals surface area contributed by atoms with Gasteiger partial charge in [-0.05, 0) is 36.1 Å². The molecule has 80 valence electrons. The van der Waals surface area contributed by atoms with Crippen LogP contribution >= 0.6 is 0 Å². The van der Waals surface area contributed by atoms with Crippen molar-refractivity contribution in [3.8, 4) is 0 Å². The minimum Gasteiger partial charge on any atom is -0.0620 e. The van der Waals surface area contributed by atoms with Crippen molar-refractivity contribution in [3.05, 3.63) is 70.8 Å². The summed E-state index contributed by atoms with van der Waals surface area (Å²) in [5.41, 5.74) is 5.19. The summed E-state index contributed by atoms with van der Waals surface area (Å²) in [6.07, 6.45) is 4.36. The second-order valence-corrected chi connectivity index (χ2v) is 4.05. The predicted molar refractivity (Wildman–Crippen MR) is 71.3 cm³/mol. The van der Waals surface area contributed by atoms with E-state index in [0.717, 1.165) is 0 Å². The van der Waals surface area contributed by atoms with Gasteiger partial charge in [-0.3, -0.25) is 0 Å². The van der Waals surface area contributed by atoms with E-state index in [1.807, 2.05) is 0 Å². The third kappa shape index (κ3) is 2.40. The summed E-state index contributed by atoms with van der Waals surface area (Å²) in [5, 5.41) is 0. The molecule has 2 aromatic carbocycles. The maximum Gasteiger partial charge on any atom is -0.0227 e. The first-order valence-corrected chi connectivity index (χ1v) is 5.57. The van der Waals surface area contributed by atoms with Crippen molar-refractivity contribution in [3.63, 3.8) is 0 Å². The van der Waals surface area contributed by atoms with E-state index < -0.39 is 0 Å². The lowest BCUT2D eigenvalue weighted by molar-refractivity contribution is 1.43. The van der Waals surface area contributed by atoms with Crippen LogP contribution in [0.25, 0.3) is 12.2 Å². The molecule has 0 bridgehead atoms. The molecule has 0 heteroatoms. The van der Waals surface area contributed by atoms with E-state index in [0.29, 0.717) is 0 Å². The van der Waals surface area contributed by atoms with Gasteiger partial charge in [-0.25, -0.2) is 0 Å². The van der Waals surface area contributed by atoms with E-state index in [1.54, 1.807) is 0 Å². The molecule has 0 atom stereocenters. The van der Waals surface area contributed by atoms with Crippen LogP contribution in [0.15, 0.2) is 48.5 Å². The average Bonchev–Trinajstić information content (AvgIpc) is 2.30. The van der Waals surface area contributed by atoms with E-state index in [2.05, 4.69) is 74.5 Å². The molecule has 0 fully saturated rings. The zero-order chi connectivity index (χ0) is 11.4. The third-order valence-electron chi connectivity index (χ3n) is 2.82. The number of hydrogen-bond donors (Lipinski definition) is 0. The lowest BCUT2D eigenvalue weighted by Crippen LogP contribution is -1.80. The molecule has 0 heterocycles.